The van der Waals surface area contributed by atoms with E-state index in [1.165, 1.54) is 11.1 Å². The number of aryl methyl sites for hydroxylation is 1. The summed E-state index contributed by atoms with van der Waals surface area (Å²) in [5.74, 6) is 0.0111. The lowest BCUT2D eigenvalue weighted by Gasteiger charge is -2.25. The van der Waals surface area contributed by atoms with Crippen molar-refractivity contribution in [1.82, 2.24) is 10.2 Å². The fourth-order valence-corrected chi connectivity index (χ4v) is 2.15. The highest BCUT2D eigenvalue weighted by molar-refractivity contribution is 5.85. The maximum atomic E-state index is 11.7. The summed E-state index contributed by atoms with van der Waals surface area (Å²) in [5.41, 5.74) is 8.17. The van der Waals surface area contributed by atoms with Gasteiger partial charge in [0.2, 0.25) is 5.91 Å². The number of hydrogen-bond acceptors (Lipinski definition) is 3. The third kappa shape index (κ3) is 7.99. The summed E-state index contributed by atoms with van der Waals surface area (Å²) in [6, 6.07) is 8.66. The summed E-state index contributed by atoms with van der Waals surface area (Å²) in [6.07, 6.45) is 1.41. The minimum Gasteiger partial charge on any atom is -0.354 e. The Morgan fingerprint density at radius 1 is 1.23 bits per heavy atom. The normalized spacial score (nSPS) is 12.8. The van der Waals surface area contributed by atoms with E-state index in [2.05, 4.69) is 41.4 Å². The van der Waals surface area contributed by atoms with Gasteiger partial charge in [-0.15, -0.1) is 24.8 Å². The van der Waals surface area contributed by atoms with Crippen molar-refractivity contribution >= 4 is 30.7 Å². The van der Waals surface area contributed by atoms with E-state index in [1.54, 1.807) is 0 Å². The van der Waals surface area contributed by atoms with Gasteiger partial charge in [0.25, 0.3) is 0 Å². The van der Waals surface area contributed by atoms with Crippen molar-refractivity contribution in [2.75, 3.05) is 20.6 Å². The summed E-state index contributed by atoms with van der Waals surface area (Å²) >= 11 is 0. The third-order valence-corrected chi connectivity index (χ3v) is 3.40. The van der Waals surface area contributed by atoms with Crippen LogP contribution >= 0.6 is 24.8 Å². The van der Waals surface area contributed by atoms with Gasteiger partial charge in [0.1, 0.15) is 0 Å². The van der Waals surface area contributed by atoms with Crippen molar-refractivity contribution in [3.63, 3.8) is 0 Å². The predicted octanol–water partition coefficient (Wildman–Crippen LogP) is 2.55. The number of likely N-dealkylation sites (N-methyl/N-ethyl adjacent to an activating group) is 1. The monoisotopic (exact) mass is 349 g/mol. The molecule has 0 aromatic heterocycles. The Balaban J connectivity index is 0. The first kappa shape index (κ1) is 23.5. The van der Waals surface area contributed by atoms with Crippen molar-refractivity contribution in [3.05, 3.63) is 35.4 Å². The van der Waals surface area contributed by atoms with Crippen LogP contribution in [0.2, 0.25) is 0 Å². The van der Waals surface area contributed by atoms with Crippen LogP contribution in [0.1, 0.15) is 37.4 Å². The van der Waals surface area contributed by atoms with Crippen molar-refractivity contribution in [3.8, 4) is 0 Å². The molecule has 1 aromatic rings. The largest absolute Gasteiger partial charge is 0.354 e. The zero-order valence-corrected chi connectivity index (χ0v) is 15.5. The first-order chi connectivity index (χ1) is 9.43. The Morgan fingerprint density at radius 2 is 1.77 bits per heavy atom. The Labute approximate surface area is 146 Å². The molecule has 1 aromatic carbocycles. The second kappa shape index (κ2) is 11.7. The van der Waals surface area contributed by atoms with Crippen LogP contribution in [-0.2, 0) is 11.2 Å². The van der Waals surface area contributed by atoms with E-state index < -0.39 is 0 Å². The summed E-state index contributed by atoms with van der Waals surface area (Å²) in [7, 11) is 4.05. The van der Waals surface area contributed by atoms with Crippen LogP contribution in [0.5, 0.6) is 0 Å². The molecule has 0 fully saturated rings. The van der Waals surface area contributed by atoms with Crippen molar-refractivity contribution in [2.24, 2.45) is 5.73 Å². The van der Waals surface area contributed by atoms with Crippen LogP contribution in [0.15, 0.2) is 24.3 Å². The van der Waals surface area contributed by atoms with E-state index in [1.807, 2.05) is 21.0 Å². The van der Waals surface area contributed by atoms with Gasteiger partial charge < -0.3 is 16.0 Å². The molecule has 0 aliphatic carbocycles. The minimum absolute atomic E-state index is 0. The zero-order valence-electron chi connectivity index (χ0n) is 13.8. The Hall–Kier alpha value is -0.810. The van der Waals surface area contributed by atoms with Gasteiger partial charge in [-0.25, -0.2) is 0 Å². The zero-order chi connectivity index (χ0) is 15.1. The van der Waals surface area contributed by atoms with Gasteiger partial charge in [-0.1, -0.05) is 31.2 Å². The predicted molar refractivity (Wildman–Crippen MR) is 98.0 cm³/mol. The molecule has 0 saturated carbocycles. The summed E-state index contributed by atoms with van der Waals surface area (Å²) in [4.78, 5) is 13.8. The number of nitrogens with one attached hydrogen (secondary N) is 1. The Bertz CT molecular complexity index is 422. The molecule has 6 heteroatoms. The Morgan fingerprint density at radius 3 is 2.18 bits per heavy atom. The van der Waals surface area contributed by atoms with E-state index in [-0.39, 0.29) is 42.8 Å². The van der Waals surface area contributed by atoms with E-state index in [0.717, 1.165) is 6.42 Å². The van der Waals surface area contributed by atoms with E-state index in [4.69, 9.17) is 5.73 Å². The number of hydrogen-bond donors (Lipinski definition) is 2. The average Bonchev–Trinajstić information content (AvgIpc) is 2.38. The molecule has 128 valence electrons. The van der Waals surface area contributed by atoms with Crippen LogP contribution in [0.25, 0.3) is 0 Å². The number of amides is 1. The average molecular weight is 350 g/mol. The van der Waals surface area contributed by atoms with E-state index in [9.17, 15) is 4.79 Å². The molecule has 0 saturated heterocycles. The van der Waals surface area contributed by atoms with E-state index >= 15 is 0 Å². The molecule has 3 N–H and O–H groups in total. The highest BCUT2D eigenvalue weighted by Crippen LogP contribution is 2.18. The fourth-order valence-electron chi connectivity index (χ4n) is 2.15. The maximum absolute atomic E-state index is 11.7. The lowest BCUT2D eigenvalue weighted by molar-refractivity contribution is -0.121. The molecule has 0 spiro atoms. The van der Waals surface area contributed by atoms with Crippen LogP contribution in [0.3, 0.4) is 0 Å². The van der Waals surface area contributed by atoms with Crippen LogP contribution in [-0.4, -0.2) is 37.5 Å². The third-order valence-electron chi connectivity index (χ3n) is 3.40. The van der Waals surface area contributed by atoms with Crippen LogP contribution in [0, 0.1) is 0 Å². The van der Waals surface area contributed by atoms with Crippen molar-refractivity contribution < 1.29 is 4.79 Å². The summed E-state index contributed by atoms with van der Waals surface area (Å²) < 4.78 is 0. The van der Waals surface area contributed by atoms with Crippen molar-refractivity contribution in [1.29, 1.82) is 0 Å². The van der Waals surface area contributed by atoms with Crippen molar-refractivity contribution in [2.45, 2.75) is 38.8 Å². The first-order valence-electron chi connectivity index (χ1n) is 7.21. The van der Waals surface area contributed by atoms with Gasteiger partial charge in [0.15, 0.2) is 0 Å². The molecule has 0 bridgehead atoms. The lowest BCUT2D eigenvalue weighted by atomic mass is 10.0. The lowest BCUT2D eigenvalue weighted by Crippen LogP contribution is -2.36. The highest BCUT2D eigenvalue weighted by atomic mass is 35.5. The standard InChI is InChI=1S/C16H27N3O.2ClH/c1-5-13-6-8-14(9-7-13)15(19(3)4)11-18-16(20)10-12(2)17;;/h6-9,12,15H,5,10-11,17H2,1-4H3,(H,18,20);2*1H. The maximum Gasteiger partial charge on any atom is 0.221 e. The number of halogens is 2. The molecule has 0 radical (unpaired) electrons. The molecule has 1 amide bonds. The second-order valence-corrected chi connectivity index (χ2v) is 5.56. The smallest absolute Gasteiger partial charge is 0.221 e. The van der Waals surface area contributed by atoms with Crippen LogP contribution < -0.4 is 11.1 Å². The molecule has 2 unspecified atom stereocenters. The van der Waals surface area contributed by atoms with Gasteiger partial charge in [-0.3, -0.25) is 4.79 Å². The first-order valence-corrected chi connectivity index (χ1v) is 7.21. The molecule has 1 rings (SSSR count). The van der Waals surface area contributed by atoms with Gasteiger partial charge >= 0.3 is 0 Å². The molecule has 4 nitrogen and oxygen atoms in total. The van der Waals surface area contributed by atoms with Gasteiger partial charge in [0, 0.05) is 19.0 Å². The second-order valence-electron chi connectivity index (χ2n) is 5.56. The molecular formula is C16H29Cl2N3O. The van der Waals surface area contributed by atoms with Crippen LogP contribution in [0.4, 0.5) is 0 Å². The SMILES string of the molecule is CCc1ccc(C(CNC(=O)CC(C)N)N(C)C)cc1.Cl.Cl. The van der Waals surface area contributed by atoms with Gasteiger partial charge in [-0.05, 0) is 38.6 Å². The number of carbonyl (C=O) groups excluding carboxylic acids is 1. The Kier molecular flexibility index (Phi) is 12.5. The minimum atomic E-state index is -0.100. The number of carbonyl (C=O) groups is 1. The topological polar surface area (TPSA) is 58.4 Å². The van der Waals surface area contributed by atoms with E-state index in [0.29, 0.717) is 13.0 Å². The quantitative estimate of drug-likeness (QED) is 0.795. The van der Waals surface area contributed by atoms with Gasteiger partial charge in [0.05, 0.1) is 6.04 Å². The van der Waals surface area contributed by atoms with Gasteiger partial charge in [-0.2, -0.15) is 0 Å². The number of nitrogens with zero attached hydrogens (tertiary/aromatic N) is 1. The molecule has 0 aliphatic heterocycles. The number of nitrogens with two attached hydrogens (primary N) is 1. The summed E-state index contributed by atoms with van der Waals surface area (Å²) in [5, 5.41) is 2.96. The number of benzene rings is 1. The summed E-state index contributed by atoms with van der Waals surface area (Å²) in [6.45, 7) is 4.59. The number of rotatable bonds is 7. The molecule has 0 aliphatic rings. The molecular weight excluding hydrogens is 321 g/mol. The molecule has 0 heterocycles. The molecule has 2 atom stereocenters. The fraction of sp³-hybridized carbons (Fsp3) is 0.562. The molecule has 22 heavy (non-hydrogen) atoms. The highest BCUT2D eigenvalue weighted by Gasteiger charge is 2.15.